The van der Waals surface area contributed by atoms with Gasteiger partial charge >= 0.3 is 0 Å². The molecule has 2 heterocycles. The van der Waals surface area contributed by atoms with E-state index in [0.29, 0.717) is 0 Å². The van der Waals surface area contributed by atoms with Crippen LogP contribution < -0.4 is 0 Å². The molecule has 0 aromatic carbocycles. The molecule has 64 valence electrons. The SMILES string of the molecule is COCN1[C@@H]2CCC[C@H]1CC2. The van der Waals surface area contributed by atoms with Gasteiger partial charge in [0.15, 0.2) is 0 Å². The van der Waals surface area contributed by atoms with Crippen LogP contribution in [0.25, 0.3) is 0 Å². The van der Waals surface area contributed by atoms with E-state index in [4.69, 9.17) is 4.74 Å². The molecular formula is C9H17NO. The van der Waals surface area contributed by atoms with Gasteiger partial charge in [0, 0.05) is 19.2 Å². The molecule has 2 atom stereocenters. The van der Waals surface area contributed by atoms with Gasteiger partial charge in [-0.1, -0.05) is 6.42 Å². The molecule has 2 rings (SSSR count). The van der Waals surface area contributed by atoms with Gasteiger partial charge in [-0.3, -0.25) is 4.90 Å². The summed E-state index contributed by atoms with van der Waals surface area (Å²) in [6.07, 6.45) is 7.07. The molecule has 2 saturated heterocycles. The van der Waals surface area contributed by atoms with E-state index in [1.165, 1.54) is 32.1 Å². The number of methoxy groups -OCH3 is 1. The zero-order chi connectivity index (χ0) is 7.68. The van der Waals surface area contributed by atoms with Gasteiger partial charge in [-0.05, 0) is 25.7 Å². The monoisotopic (exact) mass is 155 g/mol. The van der Waals surface area contributed by atoms with Crippen molar-refractivity contribution in [3.8, 4) is 0 Å². The van der Waals surface area contributed by atoms with E-state index in [1.54, 1.807) is 7.11 Å². The maximum absolute atomic E-state index is 5.19. The van der Waals surface area contributed by atoms with Gasteiger partial charge in [0.1, 0.15) is 0 Å². The smallest absolute Gasteiger partial charge is 0.0991 e. The lowest BCUT2D eigenvalue weighted by molar-refractivity contribution is 0.00975. The van der Waals surface area contributed by atoms with E-state index in [9.17, 15) is 0 Å². The Morgan fingerprint density at radius 1 is 1.18 bits per heavy atom. The van der Waals surface area contributed by atoms with Crippen LogP contribution in [0.4, 0.5) is 0 Å². The standard InChI is InChI=1S/C9H17NO/c1-11-7-10-8-3-2-4-9(10)6-5-8/h8-9H,2-7H2,1H3/t8-,9+. The minimum atomic E-state index is 0.855. The topological polar surface area (TPSA) is 12.5 Å². The third-order valence-electron chi connectivity index (χ3n) is 3.12. The zero-order valence-corrected chi connectivity index (χ0v) is 7.25. The van der Waals surface area contributed by atoms with Crippen molar-refractivity contribution in [1.29, 1.82) is 0 Å². The predicted molar refractivity (Wildman–Crippen MR) is 44.4 cm³/mol. The highest BCUT2D eigenvalue weighted by molar-refractivity contribution is 4.90. The number of nitrogens with zero attached hydrogens (tertiary/aromatic N) is 1. The molecule has 0 amide bonds. The lowest BCUT2D eigenvalue weighted by Crippen LogP contribution is -2.40. The van der Waals surface area contributed by atoms with Crippen LogP contribution in [0.3, 0.4) is 0 Å². The highest BCUT2D eigenvalue weighted by Crippen LogP contribution is 2.34. The Kier molecular flexibility index (Phi) is 2.14. The number of rotatable bonds is 2. The molecule has 0 spiro atoms. The summed E-state index contributed by atoms with van der Waals surface area (Å²) in [4.78, 5) is 2.55. The molecule has 2 bridgehead atoms. The molecule has 2 aliphatic heterocycles. The highest BCUT2D eigenvalue weighted by atomic mass is 16.5. The van der Waals surface area contributed by atoms with Crippen LogP contribution in [0, 0.1) is 0 Å². The first-order chi connectivity index (χ1) is 5.42. The summed E-state index contributed by atoms with van der Waals surface area (Å²) in [6, 6.07) is 1.71. The van der Waals surface area contributed by atoms with E-state index >= 15 is 0 Å². The van der Waals surface area contributed by atoms with E-state index in [-0.39, 0.29) is 0 Å². The maximum Gasteiger partial charge on any atom is 0.0991 e. The number of fused-ring (bicyclic) bond motifs is 2. The molecule has 2 heteroatoms. The molecule has 2 aliphatic rings. The van der Waals surface area contributed by atoms with Crippen LogP contribution in [0.5, 0.6) is 0 Å². The summed E-state index contributed by atoms with van der Waals surface area (Å²) in [5.74, 6) is 0. The minimum Gasteiger partial charge on any atom is -0.369 e. The van der Waals surface area contributed by atoms with Gasteiger partial charge in [-0.2, -0.15) is 0 Å². The first kappa shape index (κ1) is 7.56. The van der Waals surface area contributed by atoms with Crippen molar-refractivity contribution in [2.75, 3.05) is 13.8 Å². The van der Waals surface area contributed by atoms with E-state index in [0.717, 1.165) is 18.8 Å². The Hall–Kier alpha value is -0.0800. The van der Waals surface area contributed by atoms with Crippen molar-refractivity contribution < 1.29 is 4.74 Å². The fourth-order valence-corrected chi connectivity index (χ4v) is 2.58. The molecule has 2 fully saturated rings. The van der Waals surface area contributed by atoms with Gasteiger partial charge in [0.2, 0.25) is 0 Å². The van der Waals surface area contributed by atoms with Gasteiger partial charge in [-0.15, -0.1) is 0 Å². The number of hydrogen-bond acceptors (Lipinski definition) is 2. The Balaban J connectivity index is 1.97. The zero-order valence-electron chi connectivity index (χ0n) is 7.25. The average molecular weight is 155 g/mol. The predicted octanol–water partition coefficient (Wildman–Crippen LogP) is 1.61. The number of ether oxygens (including phenoxy) is 1. The third kappa shape index (κ3) is 1.30. The first-order valence-electron chi connectivity index (χ1n) is 4.66. The van der Waals surface area contributed by atoms with Crippen LogP contribution in [-0.2, 0) is 4.74 Å². The van der Waals surface area contributed by atoms with E-state index < -0.39 is 0 Å². The maximum atomic E-state index is 5.19. The van der Waals surface area contributed by atoms with Crippen LogP contribution in [0.1, 0.15) is 32.1 Å². The molecule has 2 nitrogen and oxygen atoms in total. The second kappa shape index (κ2) is 3.11. The normalized spacial score (nSPS) is 37.9. The van der Waals surface area contributed by atoms with Crippen LogP contribution in [0.2, 0.25) is 0 Å². The van der Waals surface area contributed by atoms with Crippen LogP contribution >= 0.6 is 0 Å². The second-order valence-electron chi connectivity index (χ2n) is 3.75. The highest BCUT2D eigenvalue weighted by Gasteiger charge is 2.35. The molecule has 0 aromatic heterocycles. The third-order valence-corrected chi connectivity index (χ3v) is 3.12. The van der Waals surface area contributed by atoms with Crippen molar-refractivity contribution in [2.24, 2.45) is 0 Å². The summed E-state index contributed by atoms with van der Waals surface area (Å²) in [7, 11) is 1.80. The summed E-state index contributed by atoms with van der Waals surface area (Å²) in [5, 5.41) is 0. The van der Waals surface area contributed by atoms with Crippen LogP contribution in [0.15, 0.2) is 0 Å². The van der Waals surface area contributed by atoms with Gasteiger partial charge in [-0.25, -0.2) is 0 Å². The lowest BCUT2D eigenvalue weighted by atomic mass is 10.0. The van der Waals surface area contributed by atoms with Crippen molar-refractivity contribution in [3.63, 3.8) is 0 Å². The molecule has 0 aromatic rings. The van der Waals surface area contributed by atoms with Crippen molar-refractivity contribution in [1.82, 2.24) is 4.90 Å². The Bertz CT molecular complexity index is 122. The molecular weight excluding hydrogens is 138 g/mol. The fourth-order valence-electron chi connectivity index (χ4n) is 2.58. The Labute approximate surface area is 68.5 Å². The lowest BCUT2D eigenvalue weighted by Gasteiger charge is -2.33. The molecule has 0 N–H and O–H groups in total. The largest absolute Gasteiger partial charge is 0.369 e. The Morgan fingerprint density at radius 2 is 1.82 bits per heavy atom. The first-order valence-corrected chi connectivity index (χ1v) is 4.66. The molecule has 0 aliphatic carbocycles. The molecule has 0 saturated carbocycles. The quantitative estimate of drug-likeness (QED) is 0.600. The minimum absolute atomic E-state index is 0.855. The molecule has 0 radical (unpaired) electrons. The van der Waals surface area contributed by atoms with E-state index in [1.807, 2.05) is 0 Å². The van der Waals surface area contributed by atoms with Gasteiger partial charge in [0.05, 0.1) is 6.73 Å². The van der Waals surface area contributed by atoms with Crippen molar-refractivity contribution >= 4 is 0 Å². The average Bonchev–Trinajstić information content (AvgIpc) is 2.30. The number of piperidine rings is 1. The van der Waals surface area contributed by atoms with Gasteiger partial charge < -0.3 is 4.74 Å². The molecule has 0 unspecified atom stereocenters. The summed E-state index contributed by atoms with van der Waals surface area (Å²) < 4.78 is 5.19. The van der Waals surface area contributed by atoms with Crippen molar-refractivity contribution in [2.45, 2.75) is 44.2 Å². The van der Waals surface area contributed by atoms with Crippen molar-refractivity contribution in [3.05, 3.63) is 0 Å². The summed E-state index contributed by atoms with van der Waals surface area (Å²) >= 11 is 0. The second-order valence-corrected chi connectivity index (χ2v) is 3.75. The molecule has 11 heavy (non-hydrogen) atoms. The van der Waals surface area contributed by atoms with Gasteiger partial charge in [0.25, 0.3) is 0 Å². The number of hydrogen-bond donors (Lipinski definition) is 0. The fraction of sp³-hybridized carbons (Fsp3) is 1.00. The summed E-state index contributed by atoms with van der Waals surface area (Å²) in [6.45, 7) is 0.856. The van der Waals surface area contributed by atoms with Crippen LogP contribution in [-0.4, -0.2) is 30.8 Å². The Morgan fingerprint density at radius 3 is 2.36 bits per heavy atom. The van der Waals surface area contributed by atoms with E-state index in [2.05, 4.69) is 4.90 Å². The summed E-state index contributed by atoms with van der Waals surface area (Å²) in [5.41, 5.74) is 0.